The summed E-state index contributed by atoms with van der Waals surface area (Å²) < 4.78 is 15.2. The van der Waals surface area contributed by atoms with Crippen molar-refractivity contribution in [1.29, 1.82) is 0 Å². The van der Waals surface area contributed by atoms with Crippen molar-refractivity contribution in [2.75, 3.05) is 12.4 Å². The second-order valence-electron chi connectivity index (χ2n) is 9.62. The number of thiazole rings is 1. The van der Waals surface area contributed by atoms with E-state index >= 15 is 0 Å². The number of halogens is 1. The van der Waals surface area contributed by atoms with Crippen LogP contribution in [-0.4, -0.2) is 28.2 Å². The van der Waals surface area contributed by atoms with Crippen molar-refractivity contribution in [2.24, 2.45) is 0 Å². The molecule has 2 heterocycles. The molecule has 5 aromatic rings. The normalized spacial score (nSPS) is 11.5. The monoisotopic (exact) mass is 526 g/mol. The van der Waals surface area contributed by atoms with Crippen LogP contribution >= 0.6 is 11.3 Å². The first-order chi connectivity index (χ1) is 18.2. The Labute approximate surface area is 224 Å². The molecule has 3 aromatic carbocycles. The zero-order valence-corrected chi connectivity index (χ0v) is 22.3. The molecule has 0 bridgehead atoms. The SMILES string of the molecule is CNC(=O)c1c(-c2ccc(F)cc2)nc2sc(-c3cc(NC(=O)C(C)(C)c4ccccc4)ccc3C)cn12. The molecule has 2 amide bonds. The number of benzene rings is 3. The zero-order chi connectivity index (χ0) is 27.0. The highest BCUT2D eigenvalue weighted by atomic mass is 32.1. The third-order valence-corrected chi connectivity index (χ3v) is 7.73. The van der Waals surface area contributed by atoms with Gasteiger partial charge in [-0.1, -0.05) is 47.7 Å². The number of anilines is 1. The lowest BCUT2D eigenvalue weighted by molar-refractivity contribution is -0.120. The van der Waals surface area contributed by atoms with Gasteiger partial charge in [-0.25, -0.2) is 9.37 Å². The molecule has 0 saturated heterocycles. The highest BCUT2D eigenvalue weighted by Crippen LogP contribution is 2.36. The second-order valence-corrected chi connectivity index (χ2v) is 10.6. The fourth-order valence-corrected chi connectivity index (χ4v) is 5.42. The maximum Gasteiger partial charge on any atom is 0.270 e. The van der Waals surface area contributed by atoms with E-state index < -0.39 is 5.41 Å². The molecule has 0 atom stereocenters. The number of amides is 2. The summed E-state index contributed by atoms with van der Waals surface area (Å²) in [6, 6.07) is 21.4. The number of imidazole rings is 1. The van der Waals surface area contributed by atoms with Gasteiger partial charge in [0, 0.05) is 24.5 Å². The first kappa shape index (κ1) is 25.4. The van der Waals surface area contributed by atoms with Crippen LogP contribution in [0, 0.1) is 12.7 Å². The van der Waals surface area contributed by atoms with E-state index in [2.05, 4.69) is 10.6 Å². The van der Waals surface area contributed by atoms with Crippen molar-refractivity contribution in [1.82, 2.24) is 14.7 Å². The van der Waals surface area contributed by atoms with Crippen molar-refractivity contribution >= 4 is 33.8 Å². The van der Waals surface area contributed by atoms with Crippen LogP contribution in [0.5, 0.6) is 0 Å². The molecule has 192 valence electrons. The number of hydrogen-bond donors (Lipinski definition) is 2. The molecule has 5 rings (SSSR count). The highest BCUT2D eigenvalue weighted by Gasteiger charge is 2.30. The van der Waals surface area contributed by atoms with Crippen molar-refractivity contribution in [3.05, 3.63) is 102 Å². The lowest BCUT2D eigenvalue weighted by atomic mass is 9.83. The van der Waals surface area contributed by atoms with Crippen LogP contribution in [0.25, 0.3) is 26.7 Å². The van der Waals surface area contributed by atoms with E-state index in [0.29, 0.717) is 27.6 Å². The number of nitrogens with zero attached hydrogens (tertiary/aromatic N) is 2. The highest BCUT2D eigenvalue weighted by molar-refractivity contribution is 7.20. The van der Waals surface area contributed by atoms with E-state index in [4.69, 9.17) is 4.98 Å². The van der Waals surface area contributed by atoms with Crippen LogP contribution in [0.15, 0.2) is 79.0 Å². The Morgan fingerprint density at radius 3 is 2.39 bits per heavy atom. The fourth-order valence-electron chi connectivity index (χ4n) is 4.35. The predicted octanol–water partition coefficient (Wildman–Crippen LogP) is 6.45. The number of hydrogen-bond acceptors (Lipinski definition) is 4. The van der Waals surface area contributed by atoms with Gasteiger partial charge in [0.25, 0.3) is 5.91 Å². The average Bonchev–Trinajstić information content (AvgIpc) is 3.48. The van der Waals surface area contributed by atoms with Crippen LogP contribution in [0.1, 0.15) is 35.5 Å². The summed E-state index contributed by atoms with van der Waals surface area (Å²) in [5.74, 6) is -0.750. The Balaban J connectivity index is 1.51. The molecule has 6 nitrogen and oxygen atoms in total. The number of aromatic nitrogens is 2. The smallest absolute Gasteiger partial charge is 0.270 e. The van der Waals surface area contributed by atoms with Gasteiger partial charge >= 0.3 is 0 Å². The molecule has 8 heteroatoms. The number of fused-ring (bicyclic) bond motifs is 1. The lowest BCUT2D eigenvalue weighted by Crippen LogP contribution is -2.34. The molecule has 0 unspecified atom stereocenters. The summed E-state index contributed by atoms with van der Waals surface area (Å²) >= 11 is 1.44. The maximum atomic E-state index is 13.5. The average molecular weight is 527 g/mol. The molecular formula is C30H27FN4O2S. The summed E-state index contributed by atoms with van der Waals surface area (Å²) in [4.78, 5) is 32.3. The third-order valence-electron chi connectivity index (χ3n) is 6.71. The van der Waals surface area contributed by atoms with E-state index in [1.807, 2.05) is 75.5 Å². The van der Waals surface area contributed by atoms with Crippen LogP contribution in [0.2, 0.25) is 0 Å². The zero-order valence-electron chi connectivity index (χ0n) is 21.5. The summed E-state index contributed by atoms with van der Waals surface area (Å²) in [7, 11) is 1.57. The first-order valence-corrected chi connectivity index (χ1v) is 13.0. The molecule has 38 heavy (non-hydrogen) atoms. The van der Waals surface area contributed by atoms with Gasteiger partial charge in [0.1, 0.15) is 17.2 Å². The Morgan fingerprint density at radius 1 is 1.00 bits per heavy atom. The minimum atomic E-state index is -0.713. The standard InChI is InChI=1S/C30H27FN4O2S/c1-18-10-15-22(33-28(37)30(2,3)20-8-6-5-7-9-20)16-23(18)24-17-35-26(27(36)32-4)25(34-29(35)38-24)19-11-13-21(31)14-12-19/h5-17H,1-4H3,(H,32,36)(H,33,37). The van der Waals surface area contributed by atoms with Crippen molar-refractivity contribution in [2.45, 2.75) is 26.2 Å². The number of aryl methyl sites for hydroxylation is 1. The second kappa shape index (κ2) is 9.87. The minimum absolute atomic E-state index is 0.106. The molecule has 0 aliphatic rings. The molecule has 0 aliphatic heterocycles. The predicted molar refractivity (Wildman–Crippen MR) is 150 cm³/mol. The summed E-state index contributed by atoms with van der Waals surface area (Å²) in [6.45, 7) is 5.81. The summed E-state index contributed by atoms with van der Waals surface area (Å²) in [6.07, 6.45) is 1.88. The van der Waals surface area contributed by atoms with Gasteiger partial charge in [-0.3, -0.25) is 14.0 Å². The van der Waals surface area contributed by atoms with Gasteiger partial charge in [-0.15, -0.1) is 0 Å². The van der Waals surface area contributed by atoms with Gasteiger partial charge in [0.05, 0.1) is 10.3 Å². The molecule has 0 fully saturated rings. The topological polar surface area (TPSA) is 75.5 Å². The molecule has 0 saturated carbocycles. The Bertz CT molecular complexity index is 1650. The summed E-state index contributed by atoms with van der Waals surface area (Å²) in [5.41, 5.74) is 4.38. The van der Waals surface area contributed by atoms with Crippen molar-refractivity contribution in [3.63, 3.8) is 0 Å². The van der Waals surface area contributed by atoms with Gasteiger partial charge in [0.2, 0.25) is 5.91 Å². The van der Waals surface area contributed by atoms with Crippen LogP contribution in [0.4, 0.5) is 10.1 Å². The number of carbonyl (C=O) groups excluding carboxylic acids is 2. The molecule has 2 aromatic heterocycles. The molecule has 0 radical (unpaired) electrons. The number of rotatable bonds is 6. The Kier molecular flexibility index (Phi) is 6.59. The Morgan fingerprint density at radius 2 is 1.71 bits per heavy atom. The quantitative estimate of drug-likeness (QED) is 0.267. The van der Waals surface area contributed by atoms with E-state index in [1.165, 1.54) is 23.5 Å². The summed E-state index contributed by atoms with van der Waals surface area (Å²) in [5, 5.41) is 5.75. The molecule has 2 N–H and O–H groups in total. The largest absolute Gasteiger partial charge is 0.354 e. The Hall–Kier alpha value is -4.30. The third kappa shape index (κ3) is 4.59. The van der Waals surface area contributed by atoms with Crippen LogP contribution in [-0.2, 0) is 10.2 Å². The van der Waals surface area contributed by atoms with Gasteiger partial charge in [0.15, 0.2) is 4.96 Å². The molecule has 0 aliphatic carbocycles. The number of carbonyl (C=O) groups is 2. The fraction of sp³-hybridized carbons (Fsp3) is 0.167. The number of nitrogens with one attached hydrogen (secondary N) is 2. The first-order valence-electron chi connectivity index (χ1n) is 12.2. The van der Waals surface area contributed by atoms with Gasteiger partial charge < -0.3 is 10.6 Å². The molecular weight excluding hydrogens is 499 g/mol. The van der Waals surface area contributed by atoms with Crippen molar-refractivity contribution < 1.29 is 14.0 Å². The van der Waals surface area contributed by atoms with E-state index in [9.17, 15) is 14.0 Å². The van der Waals surface area contributed by atoms with Crippen LogP contribution in [0.3, 0.4) is 0 Å². The van der Waals surface area contributed by atoms with E-state index in [1.54, 1.807) is 23.6 Å². The van der Waals surface area contributed by atoms with Gasteiger partial charge in [-0.2, -0.15) is 0 Å². The minimum Gasteiger partial charge on any atom is -0.354 e. The van der Waals surface area contributed by atoms with Gasteiger partial charge in [-0.05, 0) is 73.9 Å². The van der Waals surface area contributed by atoms with E-state index in [-0.39, 0.29) is 17.6 Å². The van der Waals surface area contributed by atoms with Crippen LogP contribution < -0.4 is 10.6 Å². The maximum absolute atomic E-state index is 13.5. The molecule has 0 spiro atoms. The lowest BCUT2D eigenvalue weighted by Gasteiger charge is -2.24. The van der Waals surface area contributed by atoms with E-state index in [0.717, 1.165) is 21.6 Å². The van der Waals surface area contributed by atoms with Crippen molar-refractivity contribution in [3.8, 4) is 21.7 Å².